The molecule has 4 heteroatoms. The lowest BCUT2D eigenvalue weighted by Gasteiger charge is -2.33. The largest absolute Gasteiger partial charge is 0.356 e. The van der Waals surface area contributed by atoms with Crippen molar-refractivity contribution in [1.82, 2.24) is 10.6 Å². The van der Waals surface area contributed by atoms with Gasteiger partial charge in [0.1, 0.15) is 0 Å². The summed E-state index contributed by atoms with van der Waals surface area (Å²) in [6.07, 6.45) is 3.50. The fourth-order valence-corrected chi connectivity index (χ4v) is 2.36. The highest BCUT2D eigenvalue weighted by Crippen LogP contribution is 2.34. The van der Waals surface area contributed by atoms with Crippen molar-refractivity contribution in [2.45, 2.75) is 67.2 Å². The fraction of sp³-hybridized carbons (Fsp3) is 0.875. The average Bonchev–Trinajstić information content (AvgIpc) is 2.34. The third-order valence-corrected chi connectivity index (χ3v) is 3.46. The second-order valence-electron chi connectivity index (χ2n) is 6.81. The van der Waals surface area contributed by atoms with Gasteiger partial charge < -0.3 is 10.6 Å². The third-order valence-electron chi connectivity index (χ3n) is 3.46. The van der Waals surface area contributed by atoms with Crippen LogP contribution in [-0.4, -0.2) is 24.9 Å². The summed E-state index contributed by atoms with van der Waals surface area (Å²) in [5.74, 6) is 0.0519. The van der Waals surface area contributed by atoms with Crippen LogP contribution in [-0.2, 0) is 9.59 Å². The number of hydrogen-bond acceptors (Lipinski definition) is 2. The quantitative estimate of drug-likeness (QED) is 0.640. The number of unbranched alkanes of at least 4 members (excludes halogenated alkanes) is 1. The standard InChI is InChI=1S/C16H32N2O2/c1-7-9-11-18-14(20)16(5,6)12-15(3,4)13(19)17-10-8-2/h7-12H2,1-6H3,(H,17,19)(H,18,20). The summed E-state index contributed by atoms with van der Waals surface area (Å²) in [4.78, 5) is 24.4. The first-order chi connectivity index (χ1) is 9.17. The van der Waals surface area contributed by atoms with Crippen LogP contribution >= 0.6 is 0 Å². The van der Waals surface area contributed by atoms with Crippen molar-refractivity contribution >= 4 is 11.8 Å². The van der Waals surface area contributed by atoms with Gasteiger partial charge in [-0.15, -0.1) is 0 Å². The Morgan fingerprint density at radius 3 is 1.65 bits per heavy atom. The van der Waals surface area contributed by atoms with Crippen LogP contribution in [0.15, 0.2) is 0 Å². The second kappa shape index (κ2) is 8.28. The van der Waals surface area contributed by atoms with Crippen molar-refractivity contribution in [3.8, 4) is 0 Å². The van der Waals surface area contributed by atoms with Gasteiger partial charge in [0, 0.05) is 23.9 Å². The van der Waals surface area contributed by atoms with Crippen molar-refractivity contribution in [2.24, 2.45) is 10.8 Å². The van der Waals surface area contributed by atoms with Crippen LogP contribution in [0.1, 0.15) is 67.2 Å². The van der Waals surface area contributed by atoms with Gasteiger partial charge in [-0.25, -0.2) is 0 Å². The minimum atomic E-state index is -0.541. The van der Waals surface area contributed by atoms with Gasteiger partial charge in [-0.3, -0.25) is 9.59 Å². The van der Waals surface area contributed by atoms with Crippen LogP contribution in [0.4, 0.5) is 0 Å². The highest BCUT2D eigenvalue weighted by atomic mass is 16.2. The lowest BCUT2D eigenvalue weighted by molar-refractivity contribution is -0.135. The van der Waals surface area contributed by atoms with Crippen molar-refractivity contribution < 1.29 is 9.59 Å². The molecule has 4 nitrogen and oxygen atoms in total. The van der Waals surface area contributed by atoms with E-state index in [1.165, 1.54) is 0 Å². The molecule has 0 bridgehead atoms. The van der Waals surface area contributed by atoms with Gasteiger partial charge in [-0.2, -0.15) is 0 Å². The Morgan fingerprint density at radius 1 is 0.800 bits per heavy atom. The van der Waals surface area contributed by atoms with Gasteiger partial charge in [-0.05, 0) is 19.3 Å². The molecule has 0 aromatic carbocycles. The molecule has 0 saturated heterocycles. The maximum Gasteiger partial charge on any atom is 0.225 e. The van der Waals surface area contributed by atoms with E-state index in [1.54, 1.807) is 0 Å². The van der Waals surface area contributed by atoms with Crippen molar-refractivity contribution in [3.05, 3.63) is 0 Å². The first-order valence-corrected chi connectivity index (χ1v) is 7.74. The summed E-state index contributed by atoms with van der Waals surface area (Å²) >= 11 is 0. The molecular formula is C16H32N2O2. The molecule has 0 unspecified atom stereocenters. The van der Waals surface area contributed by atoms with E-state index in [0.717, 1.165) is 19.3 Å². The van der Waals surface area contributed by atoms with Crippen molar-refractivity contribution in [1.29, 1.82) is 0 Å². The Kier molecular flexibility index (Phi) is 7.84. The van der Waals surface area contributed by atoms with E-state index in [2.05, 4.69) is 17.6 Å². The molecule has 0 aromatic heterocycles. The van der Waals surface area contributed by atoms with Crippen molar-refractivity contribution in [2.75, 3.05) is 13.1 Å². The number of carbonyl (C=O) groups excluding carboxylic acids is 2. The summed E-state index contributed by atoms with van der Waals surface area (Å²) in [5, 5.41) is 5.87. The van der Waals surface area contributed by atoms with E-state index in [9.17, 15) is 9.59 Å². The maximum absolute atomic E-state index is 12.2. The predicted molar refractivity (Wildman–Crippen MR) is 83.4 cm³/mol. The van der Waals surface area contributed by atoms with Gasteiger partial charge in [0.05, 0.1) is 0 Å². The molecule has 2 N–H and O–H groups in total. The van der Waals surface area contributed by atoms with E-state index < -0.39 is 10.8 Å². The summed E-state index contributed by atoms with van der Waals surface area (Å²) in [6, 6.07) is 0. The second-order valence-corrected chi connectivity index (χ2v) is 6.81. The molecule has 0 aromatic rings. The van der Waals surface area contributed by atoms with Crippen LogP contribution in [0.2, 0.25) is 0 Å². The summed E-state index contributed by atoms with van der Waals surface area (Å²) in [6.45, 7) is 13.1. The van der Waals surface area contributed by atoms with E-state index >= 15 is 0 Å². The van der Waals surface area contributed by atoms with Crippen molar-refractivity contribution in [3.63, 3.8) is 0 Å². The summed E-state index contributed by atoms with van der Waals surface area (Å²) in [7, 11) is 0. The van der Waals surface area contributed by atoms with Gasteiger partial charge in [0.25, 0.3) is 0 Å². The Morgan fingerprint density at radius 2 is 1.25 bits per heavy atom. The molecule has 0 saturated carbocycles. The third kappa shape index (κ3) is 6.40. The monoisotopic (exact) mass is 284 g/mol. The number of hydrogen-bond donors (Lipinski definition) is 2. The molecule has 0 radical (unpaired) electrons. The normalized spacial score (nSPS) is 12.1. The number of nitrogens with one attached hydrogen (secondary N) is 2. The Bertz CT molecular complexity index is 322. The number of rotatable bonds is 9. The van der Waals surface area contributed by atoms with Gasteiger partial charge >= 0.3 is 0 Å². The smallest absolute Gasteiger partial charge is 0.225 e. The molecule has 0 rings (SSSR count). The molecule has 0 atom stereocenters. The van der Waals surface area contributed by atoms with E-state index in [0.29, 0.717) is 19.5 Å². The Labute approximate surface area is 124 Å². The first kappa shape index (κ1) is 18.9. The molecule has 0 spiro atoms. The van der Waals surface area contributed by atoms with E-state index in [4.69, 9.17) is 0 Å². The van der Waals surface area contributed by atoms with E-state index in [-0.39, 0.29) is 11.8 Å². The number of amides is 2. The molecular weight excluding hydrogens is 252 g/mol. The highest BCUT2D eigenvalue weighted by Gasteiger charge is 2.38. The van der Waals surface area contributed by atoms with Gasteiger partial charge in [0.15, 0.2) is 0 Å². The number of carbonyl (C=O) groups is 2. The molecule has 118 valence electrons. The molecule has 0 heterocycles. The minimum absolute atomic E-state index is 0.0220. The SMILES string of the molecule is CCCCNC(=O)C(C)(C)CC(C)(C)C(=O)NCCC. The van der Waals surface area contributed by atoms with Gasteiger partial charge in [0.2, 0.25) is 11.8 Å². The summed E-state index contributed by atoms with van der Waals surface area (Å²) in [5.41, 5.74) is -1.08. The zero-order valence-corrected chi connectivity index (χ0v) is 14.1. The lowest BCUT2D eigenvalue weighted by atomic mass is 9.74. The minimum Gasteiger partial charge on any atom is -0.356 e. The Balaban J connectivity index is 4.55. The molecule has 0 aliphatic rings. The molecule has 2 amide bonds. The zero-order chi connectivity index (χ0) is 15.8. The first-order valence-electron chi connectivity index (χ1n) is 7.74. The molecule has 0 fully saturated rings. The lowest BCUT2D eigenvalue weighted by Crippen LogP contribution is -2.45. The highest BCUT2D eigenvalue weighted by molar-refractivity contribution is 5.85. The van der Waals surface area contributed by atoms with Crippen LogP contribution in [0.3, 0.4) is 0 Å². The Hall–Kier alpha value is -1.06. The van der Waals surface area contributed by atoms with Crippen LogP contribution in [0.25, 0.3) is 0 Å². The van der Waals surface area contributed by atoms with Crippen LogP contribution in [0.5, 0.6) is 0 Å². The van der Waals surface area contributed by atoms with Gasteiger partial charge in [-0.1, -0.05) is 48.0 Å². The molecule has 0 aliphatic carbocycles. The maximum atomic E-state index is 12.2. The summed E-state index contributed by atoms with van der Waals surface area (Å²) < 4.78 is 0. The predicted octanol–water partition coefficient (Wildman–Crippen LogP) is 2.87. The fourth-order valence-electron chi connectivity index (χ4n) is 2.36. The molecule has 0 aliphatic heterocycles. The zero-order valence-electron chi connectivity index (χ0n) is 14.1. The average molecular weight is 284 g/mol. The van der Waals surface area contributed by atoms with E-state index in [1.807, 2.05) is 34.6 Å². The topological polar surface area (TPSA) is 58.2 Å². The van der Waals surface area contributed by atoms with Crippen LogP contribution < -0.4 is 10.6 Å². The molecule has 20 heavy (non-hydrogen) atoms. The van der Waals surface area contributed by atoms with Crippen LogP contribution in [0, 0.1) is 10.8 Å².